The number of aliphatic carboxylic acids is 1. The number of halogens is 1. The molecule has 0 amide bonds. The van der Waals surface area contributed by atoms with Crippen molar-refractivity contribution in [1.29, 1.82) is 0 Å². The maximum Gasteiger partial charge on any atom is 0.304 e. The van der Waals surface area contributed by atoms with E-state index in [2.05, 4.69) is 15.9 Å². The molecule has 0 bridgehead atoms. The van der Waals surface area contributed by atoms with Crippen LogP contribution in [0.5, 0.6) is 17.2 Å². The van der Waals surface area contributed by atoms with Crippen LogP contribution in [-0.2, 0) is 10.2 Å². The zero-order valence-electron chi connectivity index (χ0n) is 9.40. The van der Waals surface area contributed by atoms with E-state index in [9.17, 15) is 9.90 Å². The van der Waals surface area contributed by atoms with Crippen LogP contribution in [0.15, 0.2) is 10.5 Å². The predicted molar refractivity (Wildman–Crippen MR) is 65.1 cm³/mol. The van der Waals surface area contributed by atoms with E-state index < -0.39 is 11.4 Å². The lowest BCUT2D eigenvalue weighted by Gasteiger charge is -2.18. The number of aromatic hydroxyl groups is 1. The Hall–Kier alpha value is -1.43. The van der Waals surface area contributed by atoms with Gasteiger partial charge in [-0.2, -0.15) is 0 Å². The molecule has 0 aromatic heterocycles. The van der Waals surface area contributed by atoms with Crippen molar-refractivity contribution in [3.8, 4) is 17.2 Å². The average molecular weight is 315 g/mol. The van der Waals surface area contributed by atoms with Crippen LogP contribution in [0.25, 0.3) is 0 Å². The van der Waals surface area contributed by atoms with E-state index in [0.717, 1.165) is 12.8 Å². The highest BCUT2D eigenvalue weighted by atomic mass is 79.9. The molecule has 2 aliphatic rings. The van der Waals surface area contributed by atoms with Gasteiger partial charge in [0.25, 0.3) is 0 Å². The van der Waals surface area contributed by atoms with Crippen LogP contribution in [0.4, 0.5) is 0 Å². The number of ether oxygens (including phenoxy) is 2. The fourth-order valence-electron chi connectivity index (χ4n) is 2.45. The molecule has 0 atom stereocenters. The third-order valence-electron chi connectivity index (χ3n) is 3.46. The smallest absolute Gasteiger partial charge is 0.304 e. The number of phenols is 1. The summed E-state index contributed by atoms with van der Waals surface area (Å²) in [7, 11) is 0. The van der Waals surface area contributed by atoms with Gasteiger partial charge in [0.2, 0.25) is 6.79 Å². The minimum atomic E-state index is -0.875. The number of hydrogen-bond donors (Lipinski definition) is 2. The Balaban J connectivity index is 2.14. The molecule has 1 fully saturated rings. The lowest BCUT2D eigenvalue weighted by Crippen LogP contribution is -2.14. The summed E-state index contributed by atoms with van der Waals surface area (Å²) in [4.78, 5) is 11.0. The van der Waals surface area contributed by atoms with Crippen LogP contribution in [0, 0.1) is 0 Å². The fraction of sp³-hybridized carbons (Fsp3) is 0.417. The molecule has 0 radical (unpaired) electrons. The van der Waals surface area contributed by atoms with Gasteiger partial charge in [0.05, 0.1) is 10.9 Å². The van der Waals surface area contributed by atoms with Crippen molar-refractivity contribution >= 4 is 21.9 Å². The van der Waals surface area contributed by atoms with E-state index >= 15 is 0 Å². The summed E-state index contributed by atoms with van der Waals surface area (Å²) in [6.45, 7) is 0.0986. The normalized spacial score (nSPS) is 18.7. The third kappa shape index (κ3) is 1.63. The van der Waals surface area contributed by atoms with Gasteiger partial charge in [-0.25, -0.2) is 0 Å². The Kier molecular flexibility index (Phi) is 2.45. The Morgan fingerprint density at radius 3 is 2.78 bits per heavy atom. The molecule has 0 unspecified atom stereocenters. The Morgan fingerprint density at radius 2 is 2.17 bits per heavy atom. The highest BCUT2D eigenvalue weighted by Crippen LogP contribution is 2.60. The van der Waals surface area contributed by atoms with Crippen molar-refractivity contribution in [3.63, 3.8) is 0 Å². The van der Waals surface area contributed by atoms with E-state index in [4.69, 9.17) is 14.6 Å². The summed E-state index contributed by atoms with van der Waals surface area (Å²) in [5.74, 6) is 0.207. The average Bonchev–Trinajstić information content (AvgIpc) is 2.88. The summed E-state index contributed by atoms with van der Waals surface area (Å²) < 4.78 is 11.2. The van der Waals surface area contributed by atoms with Gasteiger partial charge in [-0.05, 0) is 28.8 Å². The van der Waals surface area contributed by atoms with E-state index in [1.165, 1.54) is 0 Å². The highest BCUT2D eigenvalue weighted by molar-refractivity contribution is 9.10. The summed E-state index contributed by atoms with van der Waals surface area (Å²) in [6.07, 6.45) is 1.46. The predicted octanol–water partition coefficient (Wildman–Crippen LogP) is 2.39. The molecule has 0 spiro atoms. The highest BCUT2D eigenvalue weighted by Gasteiger charge is 2.51. The van der Waals surface area contributed by atoms with Gasteiger partial charge in [-0.3, -0.25) is 4.79 Å². The minimum Gasteiger partial charge on any atom is -0.506 e. The zero-order chi connectivity index (χ0) is 12.9. The second-order valence-corrected chi connectivity index (χ2v) is 5.52. The first-order valence-electron chi connectivity index (χ1n) is 5.57. The van der Waals surface area contributed by atoms with Crippen LogP contribution in [0.2, 0.25) is 0 Å². The van der Waals surface area contributed by atoms with E-state index in [1.54, 1.807) is 6.07 Å². The number of benzene rings is 1. The maximum absolute atomic E-state index is 11.0. The number of carboxylic acids is 1. The SMILES string of the molecule is O=C(O)CC1(c2c(O)c(Br)cc3c2OCO3)CC1. The molecule has 18 heavy (non-hydrogen) atoms. The van der Waals surface area contributed by atoms with Gasteiger partial charge in [0, 0.05) is 17.0 Å². The number of carbonyl (C=O) groups is 1. The lowest BCUT2D eigenvalue weighted by atomic mass is 9.90. The summed E-state index contributed by atoms with van der Waals surface area (Å²) in [5, 5.41) is 19.2. The third-order valence-corrected chi connectivity index (χ3v) is 4.07. The Bertz CT molecular complexity index is 536. The number of rotatable bonds is 3. The minimum absolute atomic E-state index is 0.00713. The van der Waals surface area contributed by atoms with Crippen molar-refractivity contribution in [2.24, 2.45) is 0 Å². The monoisotopic (exact) mass is 314 g/mol. The molecule has 1 heterocycles. The summed E-state index contributed by atoms with van der Waals surface area (Å²) in [5.41, 5.74) is 0.0454. The molecule has 1 aliphatic carbocycles. The molecule has 1 saturated carbocycles. The molecular weight excluding hydrogens is 304 g/mol. The number of fused-ring (bicyclic) bond motifs is 1. The molecular formula is C12H11BrO5. The van der Waals surface area contributed by atoms with Crippen molar-refractivity contribution < 1.29 is 24.5 Å². The fourth-order valence-corrected chi connectivity index (χ4v) is 2.86. The van der Waals surface area contributed by atoms with E-state index in [0.29, 0.717) is 21.5 Å². The Morgan fingerprint density at radius 1 is 1.44 bits per heavy atom. The zero-order valence-corrected chi connectivity index (χ0v) is 11.0. The van der Waals surface area contributed by atoms with Crippen molar-refractivity contribution in [1.82, 2.24) is 0 Å². The van der Waals surface area contributed by atoms with Crippen LogP contribution in [0.1, 0.15) is 24.8 Å². The molecule has 1 aromatic carbocycles. The van der Waals surface area contributed by atoms with Crippen LogP contribution >= 0.6 is 15.9 Å². The molecule has 1 aromatic rings. The molecule has 3 rings (SSSR count). The first-order valence-corrected chi connectivity index (χ1v) is 6.36. The van der Waals surface area contributed by atoms with Gasteiger partial charge in [-0.15, -0.1) is 0 Å². The molecule has 2 N–H and O–H groups in total. The summed E-state index contributed by atoms with van der Waals surface area (Å²) in [6, 6.07) is 1.64. The van der Waals surface area contributed by atoms with Crippen molar-refractivity contribution in [3.05, 3.63) is 16.1 Å². The molecule has 1 aliphatic heterocycles. The molecule has 6 heteroatoms. The topological polar surface area (TPSA) is 76.0 Å². The number of carboxylic acid groups (broad SMARTS) is 1. The van der Waals surface area contributed by atoms with Crippen LogP contribution < -0.4 is 9.47 Å². The number of phenolic OH excluding ortho intramolecular Hbond substituents is 1. The second-order valence-electron chi connectivity index (χ2n) is 4.67. The van der Waals surface area contributed by atoms with E-state index in [1.807, 2.05) is 0 Å². The second kappa shape index (κ2) is 3.78. The summed E-state index contributed by atoms with van der Waals surface area (Å²) >= 11 is 3.25. The quantitative estimate of drug-likeness (QED) is 0.896. The van der Waals surface area contributed by atoms with Gasteiger partial charge >= 0.3 is 5.97 Å². The van der Waals surface area contributed by atoms with Gasteiger partial charge in [-0.1, -0.05) is 0 Å². The molecule has 5 nitrogen and oxygen atoms in total. The largest absolute Gasteiger partial charge is 0.506 e. The van der Waals surface area contributed by atoms with Crippen molar-refractivity contribution in [2.75, 3.05) is 6.79 Å². The standard InChI is InChI=1S/C12H11BrO5/c13-6-3-7-11(18-5-17-7)9(10(6)16)12(1-2-12)4-8(14)15/h3,16H,1-2,4-5H2,(H,14,15). The van der Waals surface area contributed by atoms with Gasteiger partial charge < -0.3 is 19.7 Å². The van der Waals surface area contributed by atoms with Gasteiger partial charge in [0.15, 0.2) is 11.5 Å². The van der Waals surface area contributed by atoms with E-state index in [-0.39, 0.29) is 19.0 Å². The molecule has 0 saturated heterocycles. The maximum atomic E-state index is 11.0. The first-order chi connectivity index (χ1) is 8.53. The van der Waals surface area contributed by atoms with Gasteiger partial charge in [0.1, 0.15) is 5.75 Å². The number of hydrogen-bond acceptors (Lipinski definition) is 4. The van der Waals surface area contributed by atoms with Crippen LogP contribution in [0.3, 0.4) is 0 Å². The molecule has 96 valence electrons. The first kappa shape index (κ1) is 11.6. The Labute approximate surface area is 111 Å². The lowest BCUT2D eigenvalue weighted by molar-refractivity contribution is -0.137. The van der Waals surface area contributed by atoms with Crippen molar-refractivity contribution in [2.45, 2.75) is 24.7 Å². The van der Waals surface area contributed by atoms with Crippen LogP contribution in [-0.4, -0.2) is 23.0 Å².